The lowest BCUT2D eigenvalue weighted by molar-refractivity contribution is 0.210. The van der Waals surface area contributed by atoms with E-state index in [4.69, 9.17) is 21.1 Å². The maximum atomic E-state index is 12.3. The zero-order chi connectivity index (χ0) is 18.4. The summed E-state index contributed by atoms with van der Waals surface area (Å²) in [4.78, 5) is 0.207. The van der Waals surface area contributed by atoms with Crippen molar-refractivity contribution in [2.24, 2.45) is 0 Å². The highest BCUT2D eigenvalue weighted by molar-refractivity contribution is 7.89. The van der Waals surface area contributed by atoms with Gasteiger partial charge in [-0.05, 0) is 68.1 Å². The number of hydrogen-bond acceptors (Lipinski definition) is 4. The SMILES string of the molecule is O=S(=O)(NCCOc1cccc(Cl)c1)c1ccc(OC2CCCC2)cc1. The maximum Gasteiger partial charge on any atom is 0.240 e. The van der Waals surface area contributed by atoms with Gasteiger partial charge in [0.15, 0.2) is 0 Å². The number of nitrogens with one attached hydrogen (secondary N) is 1. The molecule has 2 aromatic carbocycles. The van der Waals surface area contributed by atoms with Crippen LogP contribution >= 0.6 is 11.6 Å². The monoisotopic (exact) mass is 395 g/mol. The first-order valence-corrected chi connectivity index (χ1v) is 10.5. The third-order valence-corrected chi connectivity index (χ3v) is 5.91. The van der Waals surface area contributed by atoms with Crippen LogP contribution in [0.4, 0.5) is 0 Å². The Labute approximate surface area is 159 Å². The zero-order valence-corrected chi connectivity index (χ0v) is 15.9. The van der Waals surface area contributed by atoms with Crippen molar-refractivity contribution in [3.05, 3.63) is 53.6 Å². The molecule has 3 rings (SSSR count). The van der Waals surface area contributed by atoms with E-state index < -0.39 is 10.0 Å². The summed E-state index contributed by atoms with van der Waals surface area (Å²) >= 11 is 5.87. The highest BCUT2D eigenvalue weighted by Crippen LogP contribution is 2.25. The predicted octanol–water partition coefficient (Wildman–Crippen LogP) is 4.02. The van der Waals surface area contributed by atoms with Crippen LogP contribution in [0.5, 0.6) is 11.5 Å². The Balaban J connectivity index is 1.49. The van der Waals surface area contributed by atoms with Crippen molar-refractivity contribution in [1.82, 2.24) is 4.72 Å². The van der Waals surface area contributed by atoms with Crippen molar-refractivity contribution in [2.45, 2.75) is 36.7 Å². The second-order valence-corrected chi connectivity index (χ2v) is 8.40. The minimum absolute atomic E-state index is 0.162. The fourth-order valence-electron chi connectivity index (χ4n) is 2.88. The second-order valence-electron chi connectivity index (χ2n) is 6.20. The second kappa shape index (κ2) is 8.75. The Bertz CT molecular complexity index is 818. The van der Waals surface area contributed by atoms with Crippen molar-refractivity contribution in [2.75, 3.05) is 13.2 Å². The molecule has 0 aliphatic heterocycles. The number of hydrogen-bond donors (Lipinski definition) is 1. The fraction of sp³-hybridized carbons (Fsp3) is 0.368. The summed E-state index contributed by atoms with van der Waals surface area (Å²) in [6, 6.07) is 13.5. The van der Waals surface area contributed by atoms with Crippen LogP contribution in [-0.4, -0.2) is 27.7 Å². The molecular weight excluding hydrogens is 374 g/mol. The Morgan fingerprint density at radius 2 is 1.77 bits per heavy atom. The van der Waals surface area contributed by atoms with Gasteiger partial charge in [-0.15, -0.1) is 0 Å². The van der Waals surface area contributed by atoms with Gasteiger partial charge < -0.3 is 9.47 Å². The number of ether oxygens (including phenoxy) is 2. The van der Waals surface area contributed by atoms with Gasteiger partial charge in [-0.2, -0.15) is 0 Å². The number of benzene rings is 2. The molecule has 0 bridgehead atoms. The molecule has 0 spiro atoms. The molecule has 2 aromatic rings. The van der Waals surface area contributed by atoms with E-state index in [9.17, 15) is 8.42 Å². The topological polar surface area (TPSA) is 64.6 Å². The van der Waals surface area contributed by atoms with E-state index in [1.54, 1.807) is 48.5 Å². The van der Waals surface area contributed by atoms with Gasteiger partial charge in [0.1, 0.15) is 18.1 Å². The van der Waals surface area contributed by atoms with Gasteiger partial charge in [0.05, 0.1) is 11.0 Å². The molecule has 0 amide bonds. The molecule has 1 aliphatic carbocycles. The quantitative estimate of drug-likeness (QED) is 0.685. The largest absolute Gasteiger partial charge is 0.492 e. The molecule has 1 N–H and O–H groups in total. The molecule has 5 nitrogen and oxygen atoms in total. The van der Waals surface area contributed by atoms with E-state index in [-0.39, 0.29) is 24.2 Å². The Hall–Kier alpha value is -1.76. The van der Waals surface area contributed by atoms with E-state index in [0.717, 1.165) is 12.8 Å². The van der Waals surface area contributed by atoms with Crippen LogP contribution in [0.3, 0.4) is 0 Å². The first-order chi connectivity index (χ1) is 12.5. The minimum atomic E-state index is -3.58. The average Bonchev–Trinajstić information content (AvgIpc) is 3.12. The van der Waals surface area contributed by atoms with E-state index >= 15 is 0 Å². The maximum absolute atomic E-state index is 12.3. The molecule has 1 saturated carbocycles. The van der Waals surface area contributed by atoms with E-state index in [2.05, 4.69) is 4.72 Å². The molecule has 7 heteroatoms. The molecule has 1 fully saturated rings. The Kier molecular flexibility index (Phi) is 6.40. The third kappa shape index (κ3) is 5.37. The van der Waals surface area contributed by atoms with Crippen LogP contribution in [0.1, 0.15) is 25.7 Å². The van der Waals surface area contributed by atoms with Crippen LogP contribution in [0.25, 0.3) is 0 Å². The van der Waals surface area contributed by atoms with Crippen molar-refractivity contribution >= 4 is 21.6 Å². The van der Waals surface area contributed by atoms with Crippen molar-refractivity contribution in [1.29, 1.82) is 0 Å². The van der Waals surface area contributed by atoms with Gasteiger partial charge in [-0.3, -0.25) is 0 Å². The van der Waals surface area contributed by atoms with Gasteiger partial charge in [0.2, 0.25) is 10.0 Å². The molecule has 0 atom stereocenters. The highest BCUT2D eigenvalue weighted by Gasteiger charge is 2.17. The minimum Gasteiger partial charge on any atom is -0.492 e. The number of rotatable bonds is 8. The Morgan fingerprint density at radius 3 is 2.46 bits per heavy atom. The van der Waals surface area contributed by atoms with Gasteiger partial charge in [0.25, 0.3) is 0 Å². The molecule has 0 unspecified atom stereocenters. The van der Waals surface area contributed by atoms with Crippen LogP contribution in [0, 0.1) is 0 Å². The molecule has 140 valence electrons. The summed E-state index contributed by atoms with van der Waals surface area (Å²) in [6.07, 6.45) is 4.76. The summed E-state index contributed by atoms with van der Waals surface area (Å²) in [5.74, 6) is 1.31. The molecule has 0 heterocycles. The van der Waals surface area contributed by atoms with Crippen LogP contribution in [0.15, 0.2) is 53.4 Å². The van der Waals surface area contributed by atoms with Crippen molar-refractivity contribution in [3.8, 4) is 11.5 Å². The van der Waals surface area contributed by atoms with Gasteiger partial charge in [-0.1, -0.05) is 17.7 Å². The lowest BCUT2D eigenvalue weighted by Gasteiger charge is -2.13. The average molecular weight is 396 g/mol. The summed E-state index contributed by atoms with van der Waals surface area (Å²) < 4.78 is 38.5. The van der Waals surface area contributed by atoms with E-state index in [0.29, 0.717) is 16.5 Å². The fourth-order valence-corrected chi connectivity index (χ4v) is 4.07. The van der Waals surface area contributed by atoms with Crippen molar-refractivity contribution < 1.29 is 17.9 Å². The zero-order valence-electron chi connectivity index (χ0n) is 14.4. The number of sulfonamides is 1. The number of halogens is 1. The van der Waals surface area contributed by atoms with Gasteiger partial charge in [0, 0.05) is 11.6 Å². The normalized spacial score (nSPS) is 15.1. The van der Waals surface area contributed by atoms with E-state index in [1.807, 2.05) is 0 Å². The lowest BCUT2D eigenvalue weighted by atomic mass is 10.3. The molecular formula is C19H22ClNO4S. The summed E-state index contributed by atoms with van der Waals surface area (Å²) in [5.41, 5.74) is 0. The smallest absolute Gasteiger partial charge is 0.240 e. The highest BCUT2D eigenvalue weighted by atomic mass is 35.5. The summed E-state index contributed by atoms with van der Waals surface area (Å²) in [7, 11) is -3.58. The standard InChI is InChI=1S/C19H22ClNO4S/c20-15-4-3-7-18(14-15)24-13-12-21-26(22,23)19-10-8-17(9-11-19)25-16-5-1-2-6-16/h3-4,7-11,14,16,21H,1-2,5-6,12-13H2. The van der Waals surface area contributed by atoms with Crippen molar-refractivity contribution in [3.63, 3.8) is 0 Å². The van der Waals surface area contributed by atoms with Crippen LogP contribution in [-0.2, 0) is 10.0 Å². The van der Waals surface area contributed by atoms with Crippen LogP contribution < -0.4 is 14.2 Å². The Morgan fingerprint density at radius 1 is 1.04 bits per heavy atom. The van der Waals surface area contributed by atoms with Gasteiger partial charge in [-0.25, -0.2) is 13.1 Å². The van der Waals surface area contributed by atoms with Gasteiger partial charge >= 0.3 is 0 Å². The first-order valence-electron chi connectivity index (χ1n) is 8.68. The lowest BCUT2D eigenvalue weighted by Crippen LogP contribution is -2.28. The first kappa shape index (κ1) is 19.0. The van der Waals surface area contributed by atoms with E-state index in [1.165, 1.54) is 12.8 Å². The molecule has 0 saturated heterocycles. The molecule has 1 aliphatic rings. The molecule has 0 aromatic heterocycles. The summed E-state index contributed by atoms with van der Waals surface area (Å²) in [5, 5.41) is 0.572. The summed E-state index contributed by atoms with van der Waals surface area (Å²) in [6.45, 7) is 0.373. The predicted molar refractivity (Wildman–Crippen MR) is 101 cm³/mol. The molecule has 0 radical (unpaired) electrons. The molecule has 26 heavy (non-hydrogen) atoms. The van der Waals surface area contributed by atoms with Crippen LogP contribution in [0.2, 0.25) is 5.02 Å². The third-order valence-electron chi connectivity index (χ3n) is 4.20.